The maximum atomic E-state index is 13.4. The van der Waals surface area contributed by atoms with Gasteiger partial charge in [0.1, 0.15) is 5.54 Å². The number of nitrogens with two attached hydrogens (primary N) is 1. The number of amides is 2. The largest absolute Gasteiger partial charge is 0.369 e. The quantitative estimate of drug-likeness (QED) is 0.846. The molecule has 5 aliphatic rings. The first-order chi connectivity index (χ1) is 14.3. The normalized spacial score (nSPS) is 36.3. The Morgan fingerprint density at radius 3 is 2.37 bits per heavy atom. The summed E-state index contributed by atoms with van der Waals surface area (Å²) in [4.78, 5) is 25.8. The van der Waals surface area contributed by atoms with Crippen molar-refractivity contribution in [2.45, 2.75) is 57.5 Å². The first kappa shape index (κ1) is 18.2. The second-order valence-corrected chi connectivity index (χ2v) is 10.6. The third-order valence-electron chi connectivity index (χ3n) is 8.50. The van der Waals surface area contributed by atoms with E-state index in [4.69, 9.17) is 5.73 Å². The number of carbonyl (C=O) groups excluding carboxylic acids is 2. The number of carbonyl (C=O) groups is 2. The molecular formula is C25H29N3O2. The van der Waals surface area contributed by atoms with Gasteiger partial charge in [0, 0.05) is 10.8 Å². The summed E-state index contributed by atoms with van der Waals surface area (Å²) in [5, 5.41) is 6.65. The molecule has 2 N–H and O–H groups in total. The molecule has 1 heterocycles. The molecule has 2 atom stereocenters. The third-order valence-corrected chi connectivity index (χ3v) is 8.50. The fraction of sp³-hybridized carbons (Fsp3) is 0.520. The number of nitrogens with zero attached hydrogens (tertiary/aromatic N) is 2. The smallest absolute Gasteiger partial charge is 0.268 e. The lowest BCUT2D eigenvalue weighted by Crippen LogP contribution is -2.80. The van der Waals surface area contributed by atoms with Crippen LogP contribution >= 0.6 is 0 Å². The number of hydrogen-bond acceptors (Lipinski definition) is 3. The number of hydrogen-bond donors (Lipinski definition) is 1. The summed E-state index contributed by atoms with van der Waals surface area (Å²) in [7, 11) is 0. The summed E-state index contributed by atoms with van der Waals surface area (Å²) in [6.45, 7) is 4.04. The second kappa shape index (κ2) is 5.77. The van der Waals surface area contributed by atoms with Crippen LogP contribution in [-0.2, 0) is 9.59 Å². The monoisotopic (exact) mass is 403 g/mol. The molecule has 4 aliphatic carbocycles. The topological polar surface area (TPSA) is 66.6 Å². The highest BCUT2D eigenvalue weighted by atomic mass is 16.2. The van der Waals surface area contributed by atoms with E-state index in [1.54, 1.807) is 0 Å². The summed E-state index contributed by atoms with van der Waals surface area (Å²) in [5.74, 6) is 1.38. The van der Waals surface area contributed by atoms with Crippen molar-refractivity contribution in [3.05, 3.63) is 42.5 Å². The minimum absolute atomic E-state index is 0.124. The lowest BCUT2D eigenvalue weighted by Gasteiger charge is -2.67. The molecule has 2 amide bonds. The number of benzene rings is 2. The molecule has 156 valence electrons. The Labute approximate surface area is 177 Å². The van der Waals surface area contributed by atoms with Crippen LogP contribution in [0.2, 0.25) is 0 Å². The zero-order valence-corrected chi connectivity index (χ0v) is 17.7. The number of rotatable bonds is 3. The molecular weight excluding hydrogens is 374 g/mol. The van der Waals surface area contributed by atoms with Gasteiger partial charge in [0.2, 0.25) is 5.91 Å². The van der Waals surface area contributed by atoms with Crippen molar-refractivity contribution in [3.8, 4) is 0 Å². The van der Waals surface area contributed by atoms with Crippen molar-refractivity contribution >= 4 is 28.3 Å². The SMILES string of the molecule is CC1(C)C(=O)N([C@H]2C3CC4CC2C[C@](C(N)=O)(C4)C3)N1c1cccc2ccccc12. The zero-order valence-electron chi connectivity index (χ0n) is 17.7. The maximum absolute atomic E-state index is 13.4. The van der Waals surface area contributed by atoms with E-state index in [0.29, 0.717) is 17.8 Å². The molecule has 4 saturated carbocycles. The van der Waals surface area contributed by atoms with Crippen LogP contribution < -0.4 is 10.7 Å². The van der Waals surface area contributed by atoms with Gasteiger partial charge in [-0.15, -0.1) is 0 Å². The Morgan fingerprint density at radius 2 is 1.67 bits per heavy atom. The standard InChI is InChI=1S/C25H29N3O2/c1-24(2)23(30)27(28(24)20-9-5-7-16-6-3-4-8-19(16)20)21-17-10-15-11-18(21)14-25(12-15,13-17)22(26)29/h3-9,15,17-18,21H,10-14H2,1-2H3,(H2,26,29)/t15?,17?,18?,21-,25-. The summed E-state index contributed by atoms with van der Waals surface area (Å²) in [6, 6.07) is 14.9. The highest BCUT2D eigenvalue weighted by Gasteiger charge is 2.65. The van der Waals surface area contributed by atoms with Crippen LogP contribution in [0.1, 0.15) is 46.0 Å². The maximum Gasteiger partial charge on any atom is 0.268 e. The van der Waals surface area contributed by atoms with Crippen LogP contribution in [0.15, 0.2) is 42.5 Å². The van der Waals surface area contributed by atoms with Gasteiger partial charge in [-0.1, -0.05) is 36.4 Å². The summed E-state index contributed by atoms with van der Waals surface area (Å²) < 4.78 is 0. The van der Waals surface area contributed by atoms with Gasteiger partial charge < -0.3 is 5.73 Å². The van der Waals surface area contributed by atoms with Crippen LogP contribution in [0.4, 0.5) is 5.69 Å². The minimum atomic E-state index is -0.569. The predicted octanol–water partition coefficient (Wildman–Crippen LogP) is 3.86. The van der Waals surface area contributed by atoms with Crippen LogP contribution in [0.3, 0.4) is 0 Å². The fourth-order valence-corrected chi connectivity index (χ4v) is 7.46. The van der Waals surface area contributed by atoms with E-state index in [2.05, 4.69) is 52.5 Å². The molecule has 30 heavy (non-hydrogen) atoms. The summed E-state index contributed by atoms with van der Waals surface area (Å²) >= 11 is 0. The van der Waals surface area contributed by atoms with Gasteiger partial charge in [-0.25, -0.2) is 5.01 Å². The van der Waals surface area contributed by atoms with Crippen molar-refractivity contribution in [2.75, 3.05) is 5.01 Å². The predicted molar refractivity (Wildman–Crippen MR) is 116 cm³/mol. The number of hydrazine groups is 1. The summed E-state index contributed by atoms with van der Waals surface area (Å²) in [6.07, 6.45) is 4.86. The van der Waals surface area contributed by atoms with Crippen LogP contribution in [0.5, 0.6) is 0 Å². The van der Waals surface area contributed by atoms with Crippen LogP contribution in [0.25, 0.3) is 10.8 Å². The van der Waals surface area contributed by atoms with E-state index in [9.17, 15) is 9.59 Å². The molecule has 7 rings (SSSR count). The highest BCUT2D eigenvalue weighted by Crippen LogP contribution is 2.62. The van der Waals surface area contributed by atoms with Crippen molar-refractivity contribution in [2.24, 2.45) is 28.9 Å². The lowest BCUT2D eigenvalue weighted by molar-refractivity contribution is -0.179. The molecule has 0 radical (unpaired) electrons. The molecule has 1 saturated heterocycles. The first-order valence-electron chi connectivity index (χ1n) is 11.2. The van der Waals surface area contributed by atoms with E-state index < -0.39 is 5.54 Å². The van der Waals surface area contributed by atoms with Gasteiger partial charge in [0.15, 0.2) is 0 Å². The van der Waals surface area contributed by atoms with Crippen molar-refractivity contribution in [1.82, 2.24) is 5.01 Å². The van der Waals surface area contributed by atoms with Gasteiger partial charge in [0.25, 0.3) is 5.91 Å². The number of primary amides is 1. The Hall–Kier alpha value is -2.56. The average Bonchev–Trinajstić information content (AvgIpc) is 2.71. The van der Waals surface area contributed by atoms with Crippen molar-refractivity contribution < 1.29 is 9.59 Å². The highest BCUT2D eigenvalue weighted by molar-refractivity contribution is 6.03. The molecule has 2 aromatic carbocycles. The summed E-state index contributed by atoms with van der Waals surface area (Å²) in [5.41, 5.74) is 6.07. The molecule has 5 fully saturated rings. The van der Waals surface area contributed by atoms with Crippen LogP contribution in [0, 0.1) is 23.2 Å². The third kappa shape index (κ3) is 2.18. The van der Waals surface area contributed by atoms with E-state index in [-0.39, 0.29) is 23.3 Å². The van der Waals surface area contributed by atoms with E-state index in [0.717, 1.165) is 37.8 Å². The molecule has 2 aromatic rings. The van der Waals surface area contributed by atoms with Gasteiger partial charge in [-0.3, -0.25) is 14.6 Å². The molecule has 4 bridgehead atoms. The average molecular weight is 404 g/mol. The second-order valence-electron chi connectivity index (χ2n) is 10.6. The number of anilines is 1. The Morgan fingerprint density at radius 1 is 1.00 bits per heavy atom. The molecule has 2 unspecified atom stereocenters. The molecule has 5 heteroatoms. The van der Waals surface area contributed by atoms with Gasteiger partial charge in [0.05, 0.1) is 11.7 Å². The zero-order chi connectivity index (χ0) is 20.8. The Kier molecular flexibility index (Phi) is 3.51. The molecule has 1 aliphatic heterocycles. The van der Waals surface area contributed by atoms with E-state index in [1.165, 1.54) is 10.8 Å². The Balaban J connectivity index is 1.42. The molecule has 5 nitrogen and oxygen atoms in total. The van der Waals surface area contributed by atoms with Gasteiger partial charge in [-0.05, 0) is 75.2 Å². The van der Waals surface area contributed by atoms with Gasteiger partial charge in [-0.2, -0.15) is 0 Å². The molecule has 0 aromatic heterocycles. The van der Waals surface area contributed by atoms with Crippen LogP contribution in [-0.4, -0.2) is 28.4 Å². The number of fused-ring (bicyclic) bond motifs is 1. The van der Waals surface area contributed by atoms with E-state index in [1.807, 2.05) is 13.8 Å². The van der Waals surface area contributed by atoms with Crippen molar-refractivity contribution in [1.29, 1.82) is 0 Å². The first-order valence-corrected chi connectivity index (χ1v) is 11.2. The lowest BCUT2D eigenvalue weighted by atomic mass is 9.47. The molecule has 0 spiro atoms. The minimum Gasteiger partial charge on any atom is -0.369 e. The fourth-order valence-electron chi connectivity index (χ4n) is 7.46. The van der Waals surface area contributed by atoms with E-state index >= 15 is 0 Å². The Bertz CT molecular complexity index is 1060. The van der Waals surface area contributed by atoms with Gasteiger partial charge >= 0.3 is 0 Å². The van der Waals surface area contributed by atoms with Crippen molar-refractivity contribution in [3.63, 3.8) is 0 Å².